The number of carbonyl (C=O) groups is 1. The molecule has 0 bridgehead atoms. The third-order valence-electron chi connectivity index (χ3n) is 1.90. The molecule has 76 valence electrons. The van der Waals surface area contributed by atoms with Gasteiger partial charge in [-0.05, 0) is 23.8 Å². The van der Waals surface area contributed by atoms with Gasteiger partial charge in [0, 0.05) is 20.2 Å². The van der Waals surface area contributed by atoms with Gasteiger partial charge in [0.1, 0.15) is 0 Å². The first-order valence-corrected chi connectivity index (χ1v) is 4.53. The van der Waals surface area contributed by atoms with Crippen LogP contribution in [0.1, 0.15) is 11.1 Å². The van der Waals surface area contributed by atoms with E-state index >= 15 is 0 Å². The number of likely N-dealkylation sites (N-methyl/N-ethyl adjacent to an activating group) is 1. The van der Waals surface area contributed by atoms with Gasteiger partial charge in [0.25, 0.3) is 0 Å². The molecule has 1 aromatic carbocycles. The zero-order chi connectivity index (χ0) is 11.3. The molecule has 0 aliphatic carbocycles. The van der Waals surface area contributed by atoms with Crippen molar-refractivity contribution < 1.29 is 4.79 Å². The molecule has 3 nitrogen and oxygen atoms in total. The van der Waals surface area contributed by atoms with E-state index in [0.717, 1.165) is 5.56 Å². The fraction of sp³-hybridized carbons (Fsp3) is 0.167. The Morgan fingerprint density at radius 3 is 2.40 bits per heavy atom. The van der Waals surface area contributed by atoms with Gasteiger partial charge in [-0.1, -0.05) is 12.1 Å². The van der Waals surface area contributed by atoms with Crippen LogP contribution in [0.2, 0.25) is 0 Å². The molecular weight excluding hydrogens is 188 g/mol. The number of benzene rings is 1. The highest BCUT2D eigenvalue weighted by atomic mass is 16.2. The topological polar surface area (TPSA) is 44.1 Å². The van der Waals surface area contributed by atoms with Crippen molar-refractivity contribution >= 4 is 12.0 Å². The van der Waals surface area contributed by atoms with E-state index in [9.17, 15) is 4.79 Å². The Hall–Kier alpha value is -2.08. The standard InChI is InChI=1S/C12H12N2O/c1-14(2)12(15)8-7-10-3-5-11(9-13)6-4-10/h3-8H,1-2H3. The normalized spacial score (nSPS) is 9.93. The van der Waals surface area contributed by atoms with E-state index in [1.807, 2.05) is 6.07 Å². The number of nitrogens with zero attached hydrogens (tertiary/aromatic N) is 2. The molecule has 15 heavy (non-hydrogen) atoms. The second-order valence-corrected chi connectivity index (χ2v) is 3.30. The predicted molar refractivity (Wildman–Crippen MR) is 58.9 cm³/mol. The van der Waals surface area contributed by atoms with Crippen LogP contribution >= 0.6 is 0 Å². The number of hydrogen-bond acceptors (Lipinski definition) is 2. The summed E-state index contributed by atoms with van der Waals surface area (Å²) >= 11 is 0. The van der Waals surface area contributed by atoms with Crippen LogP contribution in [0.15, 0.2) is 30.3 Å². The SMILES string of the molecule is CN(C)C(=O)C=Cc1ccc(C#N)cc1. The lowest BCUT2D eigenvalue weighted by Crippen LogP contribution is -2.18. The van der Waals surface area contributed by atoms with Gasteiger partial charge in [-0.15, -0.1) is 0 Å². The maximum atomic E-state index is 11.2. The van der Waals surface area contributed by atoms with Crippen LogP contribution in [0.5, 0.6) is 0 Å². The minimum absolute atomic E-state index is 0.0561. The molecule has 0 atom stereocenters. The molecular formula is C12H12N2O. The van der Waals surface area contributed by atoms with Gasteiger partial charge in [0.05, 0.1) is 11.6 Å². The van der Waals surface area contributed by atoms with Gasteiger partial charge in [-0.2, -0.15) is 5.26 Å². The number of rotatable bonds is 2. The van der Waals surface area contributed by atoms with E-state index in [-0.39, 0.29) is 5.91 Å². The van der Waals surface area contributed by atoms with Crippen LogP contribution in [0.25, 0.3) is 6.08 Å². The summed E-state index contributed by atoms with van der Waals surface area (Å²) < 4.78 is 0. The summed E-state index contributed by atoms with van der Waals surface area (Å²) in [5, 5.41) is 8.59. The highest BCUT2D eigenvalue weighted by Crippen LogP contribution is 2.05. The molecule has 1 aromatic rings. The number of hydrogen-bond donors (Lipinski definition) is 0. The molecule has 0 aliphatic heterocycles. The summed E-state index contributed by atoms with van der Waals surface area (Å²) in [5.74, 6) is -0.0561. The summed E-state index contributed by atoms with van der Waals surface area (Å²) in [4.78, 5) is 12.7. The second-order valence-electron chi connectivity index (χ2n) is 3.30. The molecule has 0 saturated carbocycles. The summed E-state index contributed by atoms with van der Waals surface area (Å²) in [6.45, 7) is 0. The molecule has 0 unspecified atom stereocenters. The molecule has 3 heteroatoms. The highest BCUT2D eigenvalue weighted by molar-refractivity contribution is 5.91. The average molecular weight is 200 g/mol. The Labute approximate surface area is 89.2 Å². The van der Waals surface area contributed by atoms with E-state index in [4.69, 9.17) is 5.26 Å². The van der Waals surface area contributed by atoms with Gasteiger partial charge in [-0.3, -0.25) is 4.79 Å². The molecule has 0 aliphatic rings. The van der Waals surface area contributed by atoms with E-state index in [0.29, 0.717) is 5.56 Å². The van der Waals surface area contributed by atoms with Crippen LogP contribution in [0, 0.1) is 11.3 Å². The number of carbonyl (C=O) groups excluding carboxylic acids is 1. The zero-order valence-corrected chi connectivity index (χ0v) is 8.77. The predicted octanol–water partition coefficient (Wildman–Crippen LogP) is 1.66. The average Bonchev–Trinajstić information content (AvgIpc) is 2.26. The van der Waals surface area contributed by atoms with E-state index in [1.165, 1.54) is 11.0 Å². The van der Waals surface area contributed by atoms with Gasteiger partial charge in [0.2, 0.25) is 5.91 Å². The summed E-state index contributed by atoms with van der Waals surface area (Å²) in [6.07, 6.45) is 3.23. The lowest BCUT2D eigenvalue weighted by Gasteiger charge is -2.04. The first-order chi connectivity index (χ1) is 7.13. The summed E-state index contributed by atoms with van der Waals surface area (Å²) in [7, 11) is 3.40. The smallest absolute Gasteiger partial charge is 0.246 e. The summed E-state index contributed by atoms with van der Waals surface area (Å²) in [5.41, 5.74) is 1.52. The van der Waals surface area contributed by atoms with Crippen molar-refractivity contribution in [1.29, 1.82) is 5.26 Å². The Balaban J connectivity index is 2.74. The third kappa shape index (κ3) is 3.28. The monoisotopic (exact) mass is 200 g/mol. The van der Waals surface area contributed by atoms with Crippen LogP contribution < -0.4 is 0 Å². The van der Waals surface area contributed by atoms with Gasteiger partial charge in [0.15, 0.2) is 0 Å². The van der Waals surface area contributed by atoms with Gasteiger partial charge < -0.3 is 4.90 Å². The van der Waals surface area contributed by atoms with E-state index < -0.39 is 0 Å². The van der Waals surface area contributed by atoms with E-state index in [2.05, 4.69) is 0 Å². The Bertz CT molecular complexity index is 410. The first-order valence-electron chi connectivity index (χ1n) is 4.53. The Morgan fingerprint density at radius 2 is 1.93 bits per heavy atom. The van der Waals surface area contributed by atoms with Crippen molar-refractivity contribution in [1.82, 2.24) is 4.90 Å². The van der Waals surface area contributed by atoms with Crippen molar-refractivity contribution in [2.75, 3.05) is 14.1 Å². The highest BCUT2D eigenvalue weighted by Gasteiger charge is 1.96. The second kappa shape index (κ2) is 4.97. The molecule has 0 fully saturated rings. The van der Waals surface area contributed by atoms with E-state index in [1.54, 1.807) is 44.4 Å². The quantitative estimate of drug-likeness (QED) is 0.681. The summed E-state index contributed by atoms with van der Waals surface area (Å²) in [6, 6.07) is 9.09. The van der Waals surface area contributed by atoms with Gasteiger partial charge in [-0.25, -0.2) is 0 Å². The molecule has 0 aromatic heterocycles. The lowest BCUT2D eigenvalue weighted by molar-refractivity contribution is -0.123. The van der Waals surface area contributed by atoms with Crippen molar-refractivity contribution in [3.8, 4) is 6.07 Å². The number of nitriles is 1. The zero-order valence-electron chi connectivity index (χ0n) is 8.77. The van der Waals surface area contributed by atoms with Crippen LogP contribution in [-0.2, 0) is 4.79 Å². The Morgan fingerprint density at radius 1 is 1.33 bits per heavy atom. The molecule has 0 spiro atoms. The fourth-order valence-electron chi connectivity index (χ4n) is 0.985. The first kappa shape index (κ1) is 11.0. The minimum atomic E-state index is -0.0561. The van der Waals surface area contributed by atoms with Crippen molar-refractivity contribution in [3.63, 3.8) is 0 Å². The maximum Gasteiger partial charge on any atom is 0.246 e. The lowest BCUT2D eigenvalue weighted by atomic mass is 10.1. The minimum Gasteiger partial charge on any atom is -0.345 e. The molecule has 0 heterocycles. The molecule has 0 saturated heterocycles. The largest absolute Gasteiger partial charge is 0.345 e. The Kier molecular flexibility index (Phi) is 3.64. The van der Waals surface area contributed by atoms with Crippen LogP contribution in [0.4, 0.5) is 0 Å². The molecule has 0 N–H and O–H groups in total. The van der Waals surface area contributed by atoms with Crippen molar-refractivity contribution in [3.05, 3.63) is 41.5 Å². The third-order valence-corrected chi connectivity index (χ3v) is 1.90. The fourth-order valence-corrected chi connectivity index (χ4v) is 0.985. The number of amides is 1. The van der Waals surface area contributed by atoms with Crippen molar-refractivity contribution in [2.45, 2.75) is 0 Å². The molecule has 0 radical (unpaired) electrons. The maximum absolute atomic E-state index is 11.2. The van der Waals surface area contributed by atoms with Gasteiger partial charge >= 0.3 is 0 Å². The molecule has 1 rings (SSSR count). The van der Waals surface area contributed by atoms with Crippen LogP contribution in [-0.4, -0.2) is 24.9 Å². The van der Waals surface area contributed by atoms with Crippen LogP contribution in [0.3, 0.4) is 0 Å². The van der Waals surface area contributed by atoms with Crippen molar-refractivity contribution in [2.24, 2.45) is 0 Å². The molecule has 1 amide bonds.